The molecular weight excluding hydrogens is 439 g/mol. The molecule has 1 saturated heterocycles. The zero-order valence-electron chi connectivity index (χ0n) is 16.6. The highest BCUT2D eigenvalue weighted by molar-refractivity contribution is 7.51. The van der Waals surface area contributed by atoms with Crippen LogP contribution in [0.3, 0.4) is 0 Å². The first-order valence-corrected chi connectivity index (χ1v) is 10.2. The molecular formula is C17H19N2O11P. The summed E-state index contributed by atoms with van der Waals surface area (Å²) in [5.74, 6) is -3.57. The first-order chi connectivity index (χ1) is 14.3. The van der Waals surface area contributed by atoms with Crippen molar-refractivity contribution in [3.05, 3.63) is 23.8 Å². The van der Waals surface area contributed by atoms with Gasteiger partial charge >= 0.3 is 25.8 Å². The lowest BCUT2D eigenvalue weighted by Crippen LogP contribution is -2.68. The molecule has 1 fully saturated rings. The van der Waals surface area contributed by atoms with Crippen molar-refractivity contribution in [3.8, 4) is 11.5 Å². The second kappa shape index (κ2) is 9.25. The van der Waals surface area contributed by atoms with Crippen LogP contribution in [0.1, 0.15) is 31.1 Å². The lowest BCUT2D eigenvalue weighted by atomic mass is 10.0. The molecule has 1 unspecified atom stereocenters. The third-order valence-corrected chi connectivity index (χ3v) is 5.62. The molecule has 1 heterocycles. The first kappa shape index (κ1) is 24.0. The smallest absolute Gasteiger partial charge is 0.435 e. The molecule has 0 aliphatic carbocycles. The number of nitrogens with zero attached hydrogens (tertiary/aromatic N) is 1. The van der Waals surface area contributed by atoms with Gasteiger partial charge in [-0.1, -0.05) is 0 Å². The normalized spacial score (nSPS) is 19.6. The van der Waals surface area contributed by atoms with E-state index in [1.54, 1.807) is 0 Å². The molecule has 0 aromatic heterocycles. The Labute approximate surface area is 175 Å². The Kier molecular flexibility index (Phi) is 7.16. The van der Waals surface area contributed by atoms with E-state index in [1.807, 2.05) is 5.32 Å². The first-order valence-electron chi connectivity index (χ1n) is 8.68. The standard InChI is InChI=1S/C17H19N2O11P/c1-8-15(18-17(24)25)16(23)19(8)31(26,27)28-7-12(22)11-4-5-13(29-9(2)20)14(6-11)30-10(3)21/h4-6,8,15,18H,7H2,1-3H3,(H,24,25)(H,26,27)/t8-,15-/m0/s1. The van der Waals surface area contributed by atoms with Gasteiger partial charge in [0.25, 0.3) is 5.91 Å². The zero-order valence-corrected chi connectivity index (χ0v) is 17.5. The van der Waals surface area contributed by atoms with E-state index >= 15 is 0 Å². The van der Waals surface area contributed by atoms with E-state index in [0.29, 0.717) is 4.67 Å². The summed E-state index contributed by atoms with van der Waals surface area (Å²) in [6.45, 7) is 2.62. The quantitative estimate of drug-likeness (QED) is 0.164. The maximum Gasteiger partial charge on any atom is 0.435 e. The van der Waals surface area contributed by atoms with Crippen molar-refractivity contribution in [1.82, 2.24) is 9.99 Å². The molecule has 1 aromatic carbocycles. The molecule has 1 aromatic rings. The van der Waals surface area contributed by atoms with Crippen LogP contribution in [0.4, 0.5) is 4.79 Å². The van der Waals surface area contributed by atoms with E-state index in [-0.39, 0.29) is 17.1 Å². The lowest BCUT2D eigenvalue weighted by molar-refractivity contribution is -0.143. The summed E-state index contributed by atoms with van der Waals surface area (Å²) in [7, 11) is -4.75. The molecule has 0 radical (unpaired) electrons. The Balaban J connectivity index is 2.10. The number of hydrogen-bond acceptors (Lipinski definition) is 9. The number of β-lactam (4-membered cyclic amide) rings is 1. The topological polar surface area (TPSA) is 186 Å². The van der Waals surface area contributed by atoms with Crippen LogP contribution in [0.15, 0.2) is 18.2 Å². The summed E-state index contributed by atoms with van der Waals surface area (Å²) in [4.78, 5) is 67.4. The fourth-order valence-corrected chi connectivity index (χ4v) is 4.10. The highest BCUT2D eigenvalue weighted by Crippen LogP contribution is 2.52. The summed E-state index contributed by atoms with van der Waals surface area (Å²) in [5.41, 5.74) is -0.0967. The second-order valence-corrected chi connectivity index (χ2v) is 8.06. The van der Waals surface area contributed by atoms with Crippen molar-refractivity contribution in [2.75, 3.05) is 6.61 Å². The molecule has 3 N–H and O–H groups in total. The van der Waals surface area contributed by atoms with Gasteiger partial charge in [0.1, 0.15) is 12.6 Å². The van der Waals surface area contributed by atoms with Gasteiger partial charge in [-0.2, -0.15) is 0 Å². The number of ether oxygens (including phenoxy) is 2. The predicted molar refractivity (Wildman–Crippen MR) is 100 cm³/mol. The Hall–Kier alpha value is -3.28. The number of Topliss-reactive ketones (excluding diaryl/α,β-unsaturated/α-hetero) is 1. The van der Waals surface area contributed by atoms with Gasteiger partial charge in [0.15, 0.2) is 17.3 Å². The summed E-state index contributed by atoms with van der Waals surface area (Å²) in [6.07, 6.45) is -1.48. The average Bonchev–Trinajstić information content (AvgIpc) is 2.64. The number of hydrogen-bond donors (Lipinski definition) is 3. The van der Waals surface area contributed by atoms with Crippen molar-refractivity contribution >= 4 is 37.5 Å². The fourth-order valence-electron chi connectivity index (χ4n) is 2.72. The van der Waals surface area contributed by atoms with Gasteiger partial charge in [0.2, 0.25) is 0 Å². The predicted octanol–water partition coefficient (Wildman–Crippen LogP) is 0.704. The number of carbonyl (C=O) groups is 5. The van der Waals surface area contributed by atoms with Crippen LogP contribution < -0.4 is 14.8 Å². The van der Waals surface area contributed by atoms with Crippen LogP contribution in [-0.4, -0.2) is 63.1 Å². The zero-order chi connectivity index (χ0) is 23.5. The van der Waals surface area contributed by atoms with Gasteiger partial charge in [-0.25, -0.2) is 14.0 Å². The SMILES string of the molecule is CC(=O)Oc1ccc(C(=O)COP(=O)(O)N2C(=O)[C@@H](NC(=O)O)[C@@H]2C)cc1OC(C)=O. The van der Waals surface area contributed by atoms with E-state index in [2.05, 4.69) is 0 Å². The Morgan fingerprint density at radius 2 is 1.71 bits per heavy atom. The van der Waals surface area contributed by atoms with Crippen LogP contribution in [0, 0.1) is 0 Å². The highest BCUT2D eigenvalue weighted by atomic mass is 31.2. The second-order valence-electron chi connectivity index (χ2n) is 6.39. The largest absolute Gasteiger partial charge is 0.465 e. The summed E-state index contributed by atoms with van der Waals surface area (Å²) in [5, 5.41) is 10.6. The highest BCUT2D eigenvalue weighted by Gasteiger charge is 2.54. The number of ketones is 1. The summed E-state index contributed by atoms with van der Waals surface area (Å²) in [6, 6.07) is 1.29. The number of carbonyl (C=O) groups excluding carboxylic acids is 4. The third-order valence-electron chi connectivity index (χ3n) is 4.05. The van der Waals surface area contributed by atoms with Gasteiger partial charge in [-0.3, -0.25) is 23.7 Å². The minimum Gasteiger partial charge on any atom is -0.465 e. The van der Waals surface area contributed by atoms with Crippen LogP contribution in [-0.2, 0) is 23.5 Å². The third kappa shape index (κ3) is 5.66. The van der Waals surface area contributed by atoms with Crippen molar-refractivity contribution in [1.29, 1.82) is 0 Å². The molecule has 3 atom stereocenters. The number of benzene rings is 1. The van der Waals surface area contributed by atoms with Crippen LogP contribution in [0.25, 0.3) is 0 Å². The van der Waals surface area contributed by atoms with Crippen molar-refractivity contribution in [3.63, 3.8) is 0 Å². The molecule has 0 spiro atoms. The lowest BCUT2D eigenvalue weighted by Gasteiger charge is -2.45. The van der Waals surface area contributed by atoms with Gasteiger partial charge in [0.05, 0.1) is 6.04 Å². The van der Waals surface area contributed by atoms with Gasteiger partial charge in [0, 0.05) is 19.4 Å². The Bertz CT molecular complexity index is 992. The molecule has 1 aliphatic rings. The fraction of sp³-hybridized carbons (Fsp3) is 0.353. The van der Waals surface area contributed by atoms with Crippen molar-refractivity contribution < 1.29 is 52.5 Å². The number of amides is 2. The summed E-state index contributed by atoms with van der Waals surface area (Å²) < 4.78 is 27.3. The molecule has 14 heteroatoms. The molecule has 2 rings (SSSR count). The Morgan fingerprint density at radius 3 is 2.23 bits per heavy atom. The molecule has 0 saturated carbocycles. The summed E-state index contributed by atoms with van der Waals surface area (Å²) >= 11 is 0. The van der Waals surface area contributed by atoms with E-state index in [1.165, 1.54) is 19.1 Å². The minimum absolute atomic E-state index is 0.0967. The molecule has 168 valence electrons. The molecule has 31 heavy (non-hydrogen) atoms. The van der Waals surface area contributed by atoms with Crippen LogP contribution >= 0.6 is 7.75 Å². The average molecular weight is 458 g/mol. The monoisotopic (exact) mass is 458 g/mol. The maximum atomic E-state index is 12.4. The Morgan fingerprint density at radius 1 is 1.13 bits per heavy atom. The van der Waals surface area contributed by atoms with E-state index < -0.39 is 56.2 Å². The van der Waals surface area contributed by atoms with E-state index in [9.17, 15) is 33.4 Å². The van der Waals surface area contributed by atoms with Crippen LogP contribution in [0.2, 0.25) is 0 Å². The van der Waals surface area contributed by atoms with Crippen molar-refractivity contribution in [2.45, 2.75) is 32.9 Å². The number of nitrogens with one attached hydrogen (secondary N) is 1. The maximum absolute atomic E-state index is 12.4. The van der Waals surface area contributed by atoms with Crippen molar-refractivity contribution in [2.24, 2.45) is 0 Å². The molecule has 2 amide bonds. The number of esters is 2. The van der Waals surface area contributed by atoms with Gasteiger partial charge in [-0.05, 0) is 25.1 Å². The van der Waals surface area contributed by atoms with E-state index in [0.717, 1.165) is 19.9 Å². The molecule has 1 aliphatic heterocycles. The minimum atomic E-state index is -4.75. The number of rotatable bonds is 8. The molecule has 13 nitrogen and oxygen atoms in total. The van der Waals surface area contributed by atoms with Gasteiger partial charge in [-0.15, -0.1) is 0 Å². The van der Waals surface area contributed by atoms with Gasteiger partial charge < -0.3 is 24.8 Å². The van der Waals surface area contributed by atoms with Crippen LogP contribution in [0.5, 0.6) is 11.5 Å². The molecule has 0 bridgehead atoms. The van der Waals surface area contributed by atoms with E-state index in [4.69, 9.17) is 19.1 Å². The number of carboxylic acid groups (broad SMARTS) is 1.